The topological polar surface area (TPSA) is 55.4 Å². The number of allylic oxidation sites excluding steroid dienone is 1. The van der Waals surface area contributed by atoms with Crippen LogP contribution in [0.5, 0.6) is 0 Å². The Hall–Kier alpha value is -1.32. The average Bonchev–Trinajstić information content (AvgIpc) is 2.16. The molecule has 0 unspecified atom stereocenters. The second kappa shape index (κ2) is 7.09. The Bertz CT molecular complexity index is 293. The lowest BCUT2D eigenvalue weighted by atomic mass is 9.88. The summed E-state index contributed by atoms with van der Waals surface area (Å²) in [5.41, 5.74) is -0.521. The van der Waals surface area contributed by atoms with Crippen molar-refractivity contribution in [2.45, 2.75) is 47.1 Å². The Morgan fingerprint density at radius 2 is 1.94 bits per heavy atom. The van der Waals surface area contributed by atoms with Crippen molar-refractivity contribution in [3.05, 3.63) is 12.2 Å². The van der Waals surface area contributed by atoms with E-state index in [4.69, 9.17) is 4.74 Å². The molecule has 0 aromatic heterocycles. The fraction of sp³-hybridized carbons (Fsp3) is 0.692. The molecule has 1 N–H and O–H groups in total. The summed E-state index contributed by atoms with van der Waals surface area (Å²) < 4.78 is 4.76. The summed E-state index contributed by atoms with van der Waals surface area (Å²) in [5, 5.41) is 2.86. The van der Waals surface area contributed by atoms with Gasteiger partial charge in [0, 0.05) is 17.5 Å². The monoisotopic (exact) mass is 241 g/mol. The van der Waals surface area contributed by atoms with Crippen LogP contribution in [0.2, 0.25) is 0 Å². The van der Waals surface area contributed by atoms with E-state index >= 15 is 0 Å². The number of hydrogen-bond acceptors (Lipinski definition) is 3. The van der Waals surface area contributed by atoms with Crippen molar-refractivity contribution in [3.8, 4) is 0 Å². The number of carbonyl (C=O) groups is 2. The van der Waals surface area contributed by atoms with E-state index < -0.39 is 5.41 Å². The summed E-state index contributed by atoms with van der Waals surface area (Å²) >= 11 is 0. The van der Waals surface area contributed by atoms with E-state index in [0.717, 1.165) is 0 Å². The SMILES string of the molecule is CCOC(=O)/C=C/CC(C)(C)C(=O)NC(C)C. The summed E-state index contributed by atoms with van der Waals surface area (Å²) in [6, 6.07) is 0.121. The van der Waals surface area contributed by atoms with E-state index in [0.29, 0.717) is 13.0 Å². The summed E-state index contributed by atoms with van der Waals surface area (Å²) in [4.78, 5) is 22.9. The highest BCUT2D eigenvalue weighted by molar-refractivity contribution is 5.83. The molecule has 0 aliphatic heterocycles. The van der Waals surface area contributed by atoms with Crippen molar-refractivity contribution < 1.29 is 14.3 Å². The van der Waals surface area contributed by atoms with Crippen LogP contribution in [0.4, 0.5) is 0 Å². The third kappa shape index (κ3) is 6.76. The summed E-state index contributed by atoms with van der Waals surface area (Å²) in [6.07, 6.45) is 3.55. The second-order valence-electron chi connectivity index (χ2n) is 4.87. The summed E-state index contributed by atoms with van der Waals surface area (Å²) in [7, 11) is 0. The standard InChI is InChI=1S/C13H23NO3/c1-6-17-11(15)8-7-9-13(4,5)12(16)14-10(2)3/h7-8,10H,6,9H2,1-5H3,(H,14,16)/b8-7+. The first kappa shape index (κ1) is 15.7. The minimum atomic E-state index is -0.521. The molecule has 0 rings (SSSR count). The van der Waals surface area contributed by atoms with E-state index in [2.05, 4.69) is 5.32 Å². The Kier molecular flexibility index (Phi) is 6.54. The van der Waals surface area contributed by atoms with Gasteiger partial charge in [-0.25, -0.2) is 4.79 Å². The van der Waals surface area contributed by atoms with Crippen LogP contribution in [0.15, 0.2) is 12.2 Å². The highest BCUT2D eigenvalue weighted by atomic mass is 16.5. The molecule has 4 nitrogen and oxygen atoms in total. The molecule has 0 fully saturated rings. The summed E-state index contributed by atoms with van der Waals surface area (Å²) in [5.74, 6) is -0.381. The first-order valence-corrected chi connectivity index (χ1v) is 5.94. The predicted octanol–water partition coefficient (Wildman–Crippen LogP) is 2.05. The zero-order valence-electron chi connectivity index (χ0n) is 11.4. The Morgan fingerprint density at radius 3 is 2.41 bits per heavy atom. The van der Waals surface area contributed by atoms with E-state index in [-0.39, 0.29) is 17.9 Å². The van der Waals surface area contributed by atoms with Gasteiger partial charge < -0.3 is 10.1 Å². The smallest absolute Gasteiger partial charge is 0.330 e. The van der Waals surface area contributed by atoms with Gasteiger partial charge in [-0.15, -0.1) is 0 Å². The quantitative estimate of drug-likeness (QED) is 0.572. The lowest BCUT2D eigenvalue weighted by Crippen LogP contribution is -2.40. The molecule has 0 radical (unpaired) electrons. The van der Waals surface area contributed by atoms with Gasteiger partial charge in [0.1, 0.15) is 0 Å². The number of rotatable bonds is 6. The van der Waals surface area contributed by atoms with Gasteiger partial charge in [-0.1, -0.05) is 19.9 Å². The number of esters is 1. The maximum absolute atomic E-state index is 11.8. The van der Waals surface area contributed by atoms with Crippen LogP contribution in [0.1, 0.15) is 41.0 Å². The first-order valence-electron chi connectivity index (χ1n) is 5.94. The van der Waals surface area contributed by atoms with Gasteiger partial charge in [0.25, 0.3) is 0 Å². The van der Waals surface area contributed by atoms with Crippen LogP contribution in [-0.4, -0.2) is 24.5 Å². The van der Waals surface area contributed by atoms with Crippen LogP contribution in [0.25, 0.3) is 0 Å². The van der Waals surface area contributed by atoms with Gasteiger partial charge in [-0.3, -0.25) is 4.79 Å². The maximum Gasteiger partial charge on any atom is 0.330 e. The van der Waals surface area contributed by atoms with E-state index in [1.54, 1.807) is 13.0 Å². The Labute approximate surface area is 103 Å². The zero-order chi connectivity index (χ0) is 13.5. The van der Waals surface area contributed by atoms with Gasteiger partial charge >= 0.3 is 5.97 Å². The van der Waals surface area contributed by atoms with Crippen LogP contribution < -0.4 is 5.32 Å². The average molecular weight is 241 g/mol. The number of ether oxygens (including phenoxy) is 1. The highest BCUT2D eigenvalue weighted by Crippen LogP contribution is 2.21. The van der Waals surface area contributed by atoms with Crippen LogP contribution in [-0.2, 0) is 14.3 Å². The van der Waals surface area contributed by atoms with Crippen molar-refractivity contribution in [1.29, 1.82) is 0 Å². The first-order chi connectivity index (χ1) is 7.79. The lowest BCUT2D eigenvalue weighted by Gasteiger charge is -2.23. The second-order valence-corrected chi connectivity index (χ2v) is 4.87. The van der Waals surface area contributed by atoms with E-state index in [1.165, 1.54) is 6.08 Å². The van der Waals surface area contributed by atoms with E-state index in [9.17, 15) is 9.59 Å². The highest BCUT2D eigenvalue weighted by Gasteiger charge is 2.26. The fourth-order valence-corrected chi connectivity index (χ4v) is 1.19. The molecule has 0 heterocycles. The third-order valence-corrected chi connectivity index (χ3v) is 2.20. The molecule has 17 heavy (non-hydrogen) atoms. The Balaban J connectivity index is 4.25. The minimum Gasteiger partial charge on any atom is -0.463 e. The van der Waals surface area contributed by atoms with Crippen molar-refractivity contribution in [1.82, 2.24) is 5.32 Å². The molecule has 0 aromatic carbocycles. The molecule has 0 saturated carbocycles. The van der Waals surface area contributed by atoms with Crippen LogP contribution >= 0.6 is 0 Å². The van der Waals surface area contributed by atoms with Gasteiger partial charge in [0.05, 0.1) is 6.61 Å². The van der Waals surface area contributed by atoms with Crippen LogP contribution in [0.3, 0.4) is 0 Å². The number of hydrogen-bond donors (Lipinski definition) is 1. The maximum atomic E-state index is 11.8. The van der Waals surface area contributed by atoms with E-state index in [1.807, 2.05) is 27.7 Å². The minimum absolute atomic E-state index is 0.0130. The zero-order valence-corrected chi connectivity index (χ0v) is 11.4. The van der Waals surface area contributed by atoms with Crippen molar-refractivity contribution >= 4 is 11.9 Å². The number of carbonyl (C=O) groups excluding carboxylic acids is 2. The van der Waals surface area contributed by atoms with Gasteiger partial charge in [-0.05, 0) is 27.2 Å². The predicted molar refractivity (Wildman–Crippen MR) is 67.4 cm³/mol. The molecule has 0 aromatic rings. The molecular formula is C13H23NO3. The van der Waals surface area contributed by atoms with Crippen molar-refractivity contribution in [2.24, 2.45) is 5.41 Å². The molecule has 0 aliphatic carbocycles. The summed E-state index contributed by atoms with van der Waals surface area (Å²) in [6.45, 7) is 9.65. The van der Waals surface area contributed by atoms with Crippen molar-refractivity contribution in [3.63, 3.8) is 0 Å². The van der Waals surface area contributed by atoms with Gasteiger partial charge in [0.15, 0.2) is 0 Å². The molecule has 98 valence electrons. The molecular weight excluding hydrogens is 218 g/mol. The Morgan fingerprint density at radius 1 is 1.35 bits per heavy atom. The molecule has 0 saturated heterocycles. The molecule has 0 spiro atoms. The number of amides is 1. The number of nitrogens with one attached hydrogen (secondary N) is 1. The van der Waals surface area contributed by atoms with Crippen molar-refractivity contribution in [2.75, 3.05) is 6.61 Å². The lowest BCUT2D eigenvalue weighted by molar-refractivity contribution is -0.137. The third-order valence-electron chi connectivity index (χ3n) is 2.20. The fourth-order valence-electron chi connectivity index (χ4n) is 1.19. The molecule has 1 amide bonds. The molecule has 0 aliphatic rings. The van der Waals surface area contributed by atoms with Crippen LogP contribution in [0, 0.1) is 5.41 Å². The molecule has 0 atom stereocenters. The molecule has 4 heteroatoms. The largest absolute Gasteiger partial charge is 0.463 e. The normalized spacial score (nSPS) is 11.9. The van der Waals surface area contributed by atoms with Gasteiger partial charge in [-0.2, -0.15) is 0 Å². The molecule has 0 bridgehead atoms. The van der Waals surface area contributed by atoms with Gasteiger partial charge in [0.2, 0.25) is 5.91 Å².